The van der Waals surface area contributed by atoms with E-state index >= 15 is 0 Å². The average Bonchev–Trinajstić information content (AvgIpc) is 2.93. The van der Waals surface area contributed by atoms with Gasteiger partial charge < -0.3 is 5.32 Å². The zero-order chi connectivity index (χ0) is 25.0. The van der Waals surface area contributed by atoms with Crippen LogP contribution in [0.4, 0.5) is 11.4 Å². The summed E-state index contributed by atoms with van der Waals surface area (Å²) >= 11 is 0. The minimum atomic E-state index is -3.79. The van der Waals surface area contributed by atoms with Crippen molar-refractivity contribution in [2.24, 2.45) is 0 Å². The van der Waals surface area contributed by atoms with E-state index in [-0.39, 0.29) is 17.3 Å². The molecular weight excluding hydrogens is 468 g/mol. The van der Waals surface area contributed by atoms with Gasteiger partial charge in [-0.1, -0.05) is 84.9 Å². The number of nitrogens with zero attached hydrogens (tertiary/aromatic N) is 1. The number of carbonyl (C=O) groups excluding carboxylic acids is 1. The van der Waals surface area contributed by atoms with Crippen LogP contribution in [0.25, 0.3) is 10.8 Å². The van der Waals surface area contributed by atoms with Gasteiger partial charge in [-0.2, -0.15) is 0 Å². The van der Waals surface area contributed by atoms with Crippen LogP contribution in [0.1, 0.15) is 15.9 Å². The van der Waals surface area contributed by atoms with Gasteiger partial charge in [-0.15, -0.1) is 0 Å². The summed E-state index contributed by atoms with van der Waals surface area (Å²) in [7, 11) is -3.79. The number of sulfonamides is 1. The third-order valence-electron chi connectivity index (χ3n) is 5.96. The first kappa shape index (κ1) is 23.3. The topological polar surface area (TPSA) is 66.5 Å². The number of rotatable bonds is 7. The zero-order valence-corrected chi connectivity index (χ0v) is 20.2. The Morgan fingerprint density at radius 3 is 2.00 bits per heavy atom. The normalized spacial score (nSPS) is 11.2. The summed E-state index contributed by atoms with van der Waals surface area (Å²) in [5.74, 6) is -0.227. The van der Waals surface area contributed by atoms with E-state index in [0.717, 1.165) is 22.0 Å². The van der Waals surface area contributed by atoms with E-state index in [4.69, 9.17) is 0 Å². The molecule has 36 heavy (non-hydrogen) atoms. The molecule has 0 aliphatic rings. The molecule has 5 rings (SSSR count). The first-order valence-electron chi connectivity index (χ1n) is 11.5. The van der Waals surface area contributed by atoms with Gasteiger partial charge in [0, 0.05) is 16.6 Å². The fourth-order valence-electron chi connectivity index (χ4n) is 4.09. The second-order valence-corrected chi connectivity index (χ2v) is 10.2. The van der Waals surface area contributed by atoms with Crippen molar-refractivity contribution in [3.63, 3.8) is 0 Å². The van der Waals surface area contributed by atoms with Crippen molar-refractivity contribution in [3.8, 4) is 0 Å². The predicted molar refractivity (Wildman–Crippen MR) is 145 cm³/mol. The maximum atomic E-state index is 13.5. The van der Waals surface area contributed by atoms with Gasteiger partial charge in [-0.3, -0.25) is 9.10 Å². The average molecular weight is 493 g/mol. The number of hydrogen-bond donors (Lipinski definition) is 1. The number of benzene rings is 5. The highest BCUT2D eigenvalue weighted by atomic mass is 32.2. The van der Waals surface area contributed by atoms with Crippen molar-refractivity contribution < 1.29 is 13.2 Å². The molecule has 0 radical (unpaired) electrons. The highest BCUT2D eigenvalue weighted by molar-refractivity contribution is 7.92. The molecule has 0 aromatic heterocycles. The van der Waals surface area contributed by atoms with Crippen LogP contribution < -0.4 is 9.62 Å². The van der Waals surface area contributed by atoms with Crippen LogP contribution in [-0.2, 0) is 16.6 Å². The Kier molecular flexibility index (Phi) is 6.52. The Bertz CT molecular complexity index is 1600. The van der Waals surface area contributed by atoms with Gasteiger partial charge in [0.1, 0.15) is 0 Å². The Labute approximate surface area is 210 Å². The maximum Gasteiger partial charge on any atom is 0.264 e. The molecule has 0 atom stereocenters. The summed E-state index contributed by atoms with van der Waals surface area (Å²) in [6.07, 6.45) is 0. The Hall–Kier alpha value is -4.42. The molecule has 0 spiro atoms. The molecule has 0 unspecified atom stereocenters. The van der Waals surface area contributed by atoms with Gasteiger partial charge in [0.2, 0.25) is 0 Å². The van der Waals surface area contributed by atoms with Crippen LogP contribution in [0.2, 0.25) is 0 Å². The standard InChI is InChI=1S/C30H24N2O3S/c33-30(31-29-17-9-11-24-10-7-8-16-28(24)29)25-20-18-23(19-21-25)22-32(26-12-3-1-4-13-26)36(34,35)27-14-5-2-6-15-27/h1-21H,22H2,(H,31,33). The van der Waals surface area contributed by atoms with Gasteiger partial charge in [0.05, 0.1) is 17.1 Å². The molecule has 0 aliphatic heterocycles. The molecule has 0 bridgehead atoms. The van der Waals surface area contributed by atoms with Crippen molar-refractivity contribution in [1.82, 2.24) is 0 Å². The van der Waals surface area contributed by atoms with E-state index in [1.807, 2.05) is 60.7 Å². The maximum absolute atomic E-state index is 13.5. The number of amides is 1. The lowest BCUT2D eigenvalue weighted by molar-refractivity contribution is 0.102. The Morgan fingerprint density at radius 1 is 0.667 bits per heavy atom. The van der Waals surface area contributed by atoms with Crippen LogP contribution in [0, 0.1) is 0 Å². The van der Waals surface area contributed by atoms with E-state index < -0.39 is 10.0 Å². The van der Waals surface area contributed by atoms with E-state index in [9.17, 15) is 13.2 Å². The fraction of sp³-hybridized carbons (Fsp3) is 0.0333. The molecule has 5 aromatic rings. The third-order valence-corrected chi connectivity index (χ3v) is 7.74. The summed E-state index contributed by atoms with van der Waals surface area (Å²) in [4.78, 5) is 13.2. The van der Waals surface area contributed by atoms with Gasteiger partial charge >= 0.3 is 0 Å². The van der Waals surface area contributed by atoms with Gasteiger partial charge in [0.25, 0.3) is 15.9 Å². The minimum absolute atomic E-state index is 0.131. The molecule has 0 saturated heterocycles. The lowest BCUT2D eigenvalue weighted by atomic mass is 10.1. The van der Waals surface area contributed by atoms with Crippen LogP contribution in [0.15, 0.2) is 132 Å². The molecule has 5 nitrogen and oxygen atoms in total. The summed E-state index contributed by atoms with van der Waals surface area (Å²) in [6, 6.07) is 38.1. The second-order valence-electron chi connectivity index (χ2n) is 8.34. The number of para-hydroxylation sites is 1. The lowest BCUT2D eigenvalue weighted by Crippen LogP contribution is -2.30. The van der Waals surface area contributed by atoms with Crippen LogP contribution in [0.5, 0.6) is 0 Å². The molecule has 5 aromatic carbocycles. The molecule has 0 heterocycles. The Morgan fingerprint density at radius 2 is 1.28 bits per heavy atom. The van der Waals surface area contributed by atoms with E-state index in [1.165, 1.54) is 4.31 Å². The second kappa shape index (κ2) is 10.1. The third kappa shape index (κ3) is 4.85. The molecule has 1 N–H and O–H groups in total. The molecule has 0 aliphatic carbocycles. The summed E-state index contributed by atoms with van der Waals surface area (Å²) in [5, 5.41) is 5.00. The van der Waals surface area contributed by atoms with Crippen molar-refractivity contribution in [2.75, 3.05) is 9.62 Å². The molecule has 178 valence electrons. The molecular formula is C30H24N2O3S. The van der Waals surface area contributed by atoms with E-state index in [2.05, 4.69) is 5.32 Å². The van der Waals surface area contributed by atoms with Crippen molar-refractivity contribution in [3.05, 3.63) is 139 Å². The zero-order valence-electron chi connectivity index (χ0n) is 19.4. The SMILES string of the molecule is O=C(Nc1cccc2ccccc12)c1ccc(CN(c2ccccc2)S(=O)(=O)c2ccccc2)cc1. The van der Waals surface area contributed by atoms with Crippen LogP contribution in [0.3, 0.4) is 0 Å². The first-order chi connectivity index (χ1) is 17.5. The highest BCUT2D eigenvalue weighted by Crippen LogP contribution is 2.27. The van der Waals surface area contributed by atoms with Gasteiger partial charge in [-0.25, -0.2) is 8.42 Å². The molecule has 6 heteroatoms. The minimum Gasteiger partial charge on any atom is -0.321 e. The van der Waals surface area contributed by atoms with Crippen LogP contribution >= 0.6 is 0 Å². The van der Waals surface area contributed by atoms with Gasteiger partial charge in [0.15, 0.2) is 0 Å². The summed E-state index contributed by atoms with van der Waals surface area (Å²) < 4.78 is 28.4. The number of nitrogens with one attached hydrogen (secondary N) is 1. The van der Waals surface area contributed by atoms with E-state index in [0.29, 0.717) is 11.3 Å². The quantitative estimate of drug-likeness (QED) is 0.282. The van der Waals surface area contributed by atoms with Crippen molar-refractivity contribution in [2.45, 2.75) is 11.4 Å². The van der Waals surface area contributed by atoms with Crippen LogP contribution in [-0.4, -0.2) is 14.3 Å². The van der Waals surface area contributed by atoms with E-state index in [1.54, 1.807) is 66.7 Å². The lowest BCUT2D eigenvalue weighted by Gasteiger charge is -2.25. The monoisotopic (exact) mass is 492 g/mol. The smallest absolute Gasteiger partial charge is 0.264 e. The number of hydrogen-bond acceptors (Lipinski definition) is 3. The highest BCUT2D eigenvalue weighted by Gasteiger charge is 2.25. The molecule has 0 fully saturated rings. The largest absolute Gasteiger partial charge is 0.321 e. The Balaban J connectivity index is 1.39. The summed E-state index contributed by atoms with van der Waals surface area (Å²) in [5.41, 5.74) is 2.56. The fourth-order valence-corrected chi connectivity index (χ4v) is 5.56. The van der Waals surface area contributed by atoms with Crippen molar-refractivity contribution in [1.29, 1.82) is 0 Å². The number of anilines is 2. The summed E-state index contributed by atoms with van der Waals surface area (Å²) in [6.45, 7) is 0.131. The van der Waals surface area contributed by atoms with Gasteiger partial charge in [-0.05, 0) is 53.4 Å². The molecule has 1 amide bonds. The van der Waals surface area contributed by atoms with Crippen molar-refractivity contribution >= 4 is 38.1 Å². The predicted octanol–water partition coefficient (Wildman–Crippen LogP) is 6.49. The number of fused-ring (bicyclic) bond motifs is 1. The first-order valence-corrected chi connectivity index (χ1v) is 13.0. The molecule has 0 saturated carbocycles. The number of carbonyl (C=O) groups is 1.